The molecular weight excluding hydrogens is 200 g/mol. The minimum Gasteiger partial charge on any atom is -0.507 e. The Morgan fingerprint density at radius 3 is 2.56 bits per heavy atom. The highest BCUT2D eigenvalue weighted by atomic mass is 16.5. The first-order valence-corrected chi connectivity index (χ1v) is 5.10. The number of fused-ring (bicyclic) bond motifs is 2. The summed E-state index contributed by atoms with van der Waals surface area (Å²) in [5.41, 5.74) is 0.726. The molecule has 0 bridgehead atoms. The fraction of sp³-hybridized carbons (Fsp3) is 0. The smallest absolute Gasteiger partial charge is 0.137 e. The van der Waals surface area contributed by atoms with Crippen LogP contribution in [0.2, 0.25) is 0 Å². The largest absolute Gasteiger partial charge is 0.507 e. The van der Waals surface area contributed by atoms with Crippen molar-refractivity contribution < 1.29 is 9.84 Å². The van der Waals surface area contributed by atoms with Crippen molar-refractivity contribution in [2.24, 2.45) is 0 Å². The molecule has 78 valence electrons. The molecule has 0 spiro atoms. The van der Waals surface area contributed by atoms with Gasteiger partial charge < -0.3 is 9.84 Å². The van der Waals surface area contributed by atoms with E-state index in [0.29, 0.717) is 5.75 Å². The molecule has 16 heavy (non-hydrogen) atoms. The Bertz CT molecular complexity index is 657. The molecule has 0 saturated heterocycles. The van der Waals surface area contributed by atoms with Gasteiger partial charge in [-0.25, -0.2) is 0 Å². The van der Waals surface area contributed by atoms with E-state index in [-0.39, 0.29) is 5.75 Å². The Labute approximate surface area is 92.7 Å². The Morgan fingerprint density at radius 1 is 0.875 bits per heavy atom. The number of rotatable bonds is 0. The van der Waals surface area contributed by atoms with Gasteiger partial charge in [-0.15, -0.1) is 0 Å². The van der Waals surface area contributed by atoms with Gasteiger partial charge in [0.05, 0.1) is 11.8 Å². The van der Waals surface area contributed by atoms with Crippen LogP contribution in [-0.4, -0.2) is 5.11 Å². The molecule has 0 saturated carbocycles. The van der Waals surface area contributed by atoms with Crippen LogP contribution in [0.4, 0.5) is 0 Å². The van der Waals surface area contributed by atoms with Gasteiger partial charge in [0.15, 0.2) is 0 Å². The van der Waals surface area contributed by atoms with Crippen LogP contribution in [0.25, 0.3) is 12.3 Å². The molecule has 1 aliphatic heterocycles. The lowest BCUT2D eigenvalue weighted by molar-refractivity contribution is 0.466. The molecule has 2 aromatic rings. The fourth-order valence-corrected chi connectivity index (χ4v) is 1.81. The van der Waals surface area contributed by atoms with E-state index in [2.05, 4.69) is 0 Å². The van der Waals surface area contributed by atoms with Crippen molar-refractivity contribution in [2.75, 3.05) is 0 Å². The third kappa shape index (κ3) is 1.36. The van der Waals surface area contributed by atoms with Crippen LogP contribution in [-0.2, 0) is 0 Å². The number of aromatic hydroxyl groups is 1. The number of hydrogen-bond acceptors (Lipinski definition) is 2. The standard InChI is InChI=1S/C14H10O2/c15-13-6-3-7-14-12(13)8-10-4-1-2-5-11(10)9-16-14/h1-9,15H. The van der Waals surface area contributed by atoms with Gasteiger partial charge in [0.25, 0.3) is 0 Å². The molecule has 0 aromatic heterocycles. The van der Waals surface area contributed by atoms with Crippen LogP contribution in [0.15, 0.2) is 42.5 Å². The van der Waals surface area contributed by atoms with Crippen molar-refractivity contribution in [1.82, 2.24) is 0 Å². The second kappa shape index (κ2) is 3.42. The molecule has 0 aliphatic carbocycles. The monoisotopic (exact) mass is 210 g/mol. The quantitative estimate of drug-likeness (QED) is 0.711. The highest BCUT2D eigenvalue weighted by Gasteiger charge is 2.07. The molecule has 2 aromatic carbocycles. The average Bonchev–Trinajstić information content (AvgIpc) is 2.50. The summed E-state index contributed by atoms with van der Waals surface area (Å²) in [4.78, 5) is 0. The predicted octanol–water partition coefficient (Wildman–Crippen LogP) is 1.35. The van der Waals surface area contributed by atoms with Gasteiger partial charge in [-0.2, -0.15) is 0 Å². The maximum absolute atomic E-state index is 9.78. The zero-order chi connectivity index (χ0) is 11.0. The Kier molecular flexibility index (Phi) is 1.93. The molecule has 0 unspecified atom stereocenters. The van der Waals surface area contributed by atoms with Gasteiger partial charge >= 0.3 is 0 Å². The number of benzene rings is 2. The zero-order valence-corrected chi connectivity index (χ0v) is 8.55. The summed E-state index contributed by atoms with van der Waals surface area (Å²) in [6.45, 7) is 0. The second-order valence-electron chi connectivity index (χ2n) is 3.70. The molecule has 1 aliphatic rings. The number of hydrogen-bond donors (Lipinski definition) is 1. The van der Waals surface area contributed by atoms with Crippen LogP contribution in [0, 0.1) is 0 Å². The zero-order valence-electron chi connectivity index (χ0n) is 8.55. The van der Waals surface area contributed by atoms with Gasteiger partial charge in [0.2, 0.25) is 0 Å². The summed E-state index contributed by atoms with van der Waals surface area (Å²) in [6, 6.07) is 13.2. The molecule has 0 amide bonds. The van der Waals surface area contributed by atoms with E-state index in [9.17, 15) is 5.11 Å². The summed E-state index contributed by atoms with van der Waals surface area (Å²) >= 11 is 0. The Morgan fingerprint density at radius 2 is 1.69 bits per heavy atom. The van der Waals surface area contributed by atoms with Crippen molar-refractivity contribution in [1.29, 1.82) is 0 Å². The molecule has 0 fully saturated rings. The highest BCUT2D eigenvalue weighted by Crippen LogP contribution is 2.28. The number of phenolic OH excluding ortho intramolecular Hbond substituents is 1. The van der Waals surface area contributed by atoms with Crippen LogP contribution < -0.4 is 15.2 Å². The van der Waals surface area contributed by atoms with Gasteiger partial charge in [0.1, 0.15) is 11.5 Å². The van der Waals surface area contributed by atoms with Gasteiger partial charge in [-0.1, -0.05) is 30.3 Å². The summed E-state index contributed by atoms with van der Waals surface area (Å²) in [5, 5.41) is 11.8. The molecule has 0 atom stereocenters. The summed E-state index contributed by atoms with van der Waals surface area (Å²) in [5.74, 6) is 0.916. The molecule has 2 heteroatoms. The first-order valence-electron chi connectivity index (χ1n) is 5.10. The van der Waals surface area contributed by atoms with Gasteiger partial charge in [-0.3, -0.25) is 0 Å². The minimum absolute atomic E-state index is 0.239. The first kappa shape index (κ1) is 9.04. The summed E-state index contributed by atoms with van der Waals surface area (Å²) in [6.07, 6.45) is 3.64. The topological polar surface area (TPSA) is 29.5 Å². The van der Waals surface area contributed by atoms with Crippen molar-refractivity contribution in [2.45, 2.75) is 0 Å². The SMILES string of the molecule is Oc1cccc2c1C=c1ccccc1=CO2. The van der Waals surface area contributed by atoms with Crippen molar-refractivity contribution in [3.05, 3.63) is 58.5 Å². The first-order chi connectivity index (χ1) is 7.84. The van der Waals surface area contributed by atoms with Crippen LogP contribution in [0.1, 0.15) is 5.56 Å². The maximum atomic E-state index is 9.78. The lowest BCUT2D eigenvalue weighted by Crippen LogP contribution is -2.23. The van der Waals surface area contributed by atoms with E-state index in [1.165, 1.54) is 0 Å². The second-order valence-corrected chi connectivity index (χ2v) is 3.70. The van der Waals surface area contributed by atoms with Gasteiger partial charge in [0, 0.05) is 5.22 Å². The van der Waals surface area contributed by atoms with Gasteiger partial charge in [-0.05, 0) is 23.4 Å². The van der Waals surface area contributed by atoms with E-state index in [1.807, 2.05) is 36.4 Å². The average molecular weight is 210 g/mol. The summed E-state index contributed by atoms with van der Waals surface area (Å²) < 4.78 is 5.54. The minimum atomic E-state index is 0.239. The lowest BCUT2D eigenvalue weighted by Gasteiger charge is -2.04. The summed E-state index contributed by atoms with van der Waals surface area (Å²) in [7, 11) is 0. The third-order valence-electron chi connectivity index (χ3n) is 2.65. The predicted molar refractivity (Wildman–Crippen MR) is 62.5 cm³/mol. The number of ether oxygens (including phenoxy) is 1. The molecule has 1 N–H and O–H groups in total. The van der Waals surface area contributed by atoms with E-state index in [0.717, 1.165) is 16.0 Å². The molecule has 0 radical (unpaired) electrons. The highest BCUT2D eigenvalue weighted by molar-refractivity contribution is 5.65. The van der Waals surface area contributed by atoms with Crippen molar-refractivity contribution in [3.63, 3.8) is 0 Å². The fourth-order valence-electron chi connectivity index (χ4n) is 1.81. The molecule has 3 rings (SSSR count). The third-order valence-corrected chi connectivity index (χ3v) is 2.65. The number of phenols is 1. The Hall–Kier alpha value is -2.22. The van der Waals surface area contributed by atoms with E-state index in [4.69, 9.17) is 4.74 Å². The Balaban J connectivity index is 2.38. The van der Waals surface area contributed by atoms with Crippen molar-refractivity contribution in [3.8, 4) is 11.5 Å². The van der Waals surface area contributed by atoms with E-state index < -0.39 is 0 Å². The normalized spacial score (nSPS) is 12.2. The van der Waals surface area contributed by atoms with E-state index in [1.54, 1.807) is 18.4 Å². The van der Waals surface area contributed by atoms with Crippen LogP contribution in [0.3, 0.4) is 0 Å². The molecule has 2 nitrogen and oxygen atoms in total. The lowest BCUT2D eigenvalue weighted by atomic mass is 10.1. The van der Waals surface area contributed by atoms with Crippen LogP contribution in [0.5, 0.6) is 11.5 Å². The molecule has 1 heterocycles. The molecular formula is C14H10O2. The van der Waals surface area contributed by atoms with Crippen LogP contribution >= 0.6 is 0 Å². The van der Waals surface area contributed by atoms with E-state index >= 15 is 0 Å². The van der Waals surface area contributed by atoms with Crippen molar-refractivity contribution >= 4 is 12.3 Å². The maximum Gasteiger partial charge on any atom is 0.137 e.